The van der Waals surface area contributed by atoms with E-state index in [0.717, 1.165) is 5.69 Å². The lowest BCUT2D eigenvalue weighted by Gasteiger charge is -1.98. The van der Waals surface area contributed by atoms with E-state index < -0.39 is 0 Å². The van der Waals surface area contributed by atoms with E-state index >= 15 is 0 Å². The van der Waals surface area contributed by atoms with Gasteiger partial charge >= 0.3 is 0 Å². The van der Waals surface area contributed by atoms with Crippen LogP contribution in [0.2, 0.25) is 0 Å². The van der Waals surface area contributed by atoms with Crippen LogP contribution in [0.1, 0.15) is 25.0 Å². The van der Waals surface area contributed by atoms with E-state index in [2.05, 4.69) is 13.8 Å². The van der Waals surface area contributed by atoms with Crippen molar-refractivity contribution in [2.45, 2.75) is 27.7 Å². The normalized spacial score (nSPS) is 8.36. The van der Waals surface area contributed by atoms with E-state index in [1.165, 1.54) is 11.1 Å². The molecule has 11 heavy (non-hydrogen) atoms. The van der Waals surface area contributed by atoms with Gasteiger partial charge in [-0.2, -0.15) is 0 Å². The molecular formula is C10H17N. The Kier molecular flexibility index (Phi) is 4.35. The highest BCUT2D eigenvalue weighted by molar-refractivity contribution is 5.43. The summed E-state index contributed by atoms with van der Waals surface area (Å²) in [7, 11) is 0. The van der Waals surface area contributed by atoms with Crippen LogP contribution in [0.25, 0.3) is 0 Å². The van der Waals surface area contributed by atoms with Gasteiger partial charge in [-0.1, -0.05) is 19.9 Å². The van der Waals surface area contributed by atoms with E-state index in [4.69, 9.17) is 5.73 Å². The maximum absolute atomic E-state index is 5.53. The summed E-state index contributed by atoms with van der Waals surface area (Å²) in [5.74, 6) is 0. The molecule has 1 rings (SSSR count). The molecule has 0 atom stereocenters. The van der Waals surface area contributed by atoms with Gasteiger partial charge in [0, 0.05) is 5.69 Å². The molecule has 0 amide bonds. The van der Waals surface area contributed by atoms with Crippen LogP contribution in [-0.4, -0.2) is 0 Å². The van der Waals surface area contributed by atoms with Gasteiger partial charge < -0.3 is 5.73 Å². The van der Waals surface area contributed by atoms with E-state index in [9.17, 15) is 0 Å². The number of hydrogen-bond donors (Lipinski definition) is 1. The summed E-state index contributed by atoms with van der Waals surface area (Å²) in [6.07, 6.45) is 0. The Labute approximate surface area is 69.2 Å². The summed E-state index contributed by atoms with van der Waals surface area (Å²) in [5.41, 5.74) is 8.93. The van der Waals surface area contributed by atoms with Crippen molar-refractivity contribution in [3.63, 3.8) is 0 Å². The highest BCUT2D eigenvalue weighted by atomic mass is 14.5. The summed E-state index contributed by atoms with van der Waals surface area (Å²) in [6.45, 7) is 8.14. The zero-order valence-corrected chi connectivity index (χ0v) is 7.81. The van der Waals surface area contributed by atoms with Crippen molar-refractivity contribution in [2.24, 2.45) is 0 Å². The maximum atomic E-state index is 5.53. The van der Waals surface area contributed by atoms with Crippen LogP contribution in [0.15, 0.2) is 18.2 Å². The van der Waals surface area contributed by atoms with Gasteiger partial charge in [0.1, 0.15) is 0 Å². The second-order valence-electron chi connectivity index (χ2n) is 2.34. The molecule has 0 saturated carbocycles. The van der Waals surface area contributed by atoms with Crippen molar-refractivity contribution in [3.8, 4) is 0 Å². The van der Waals surface area contributed by atoms with Crippen LogP contribution in [0.4, 0.5) is 5.69 Å². The van der Waals surface area contributed by atoms with Gasteiger partial charge in [-0.05, 0) is 37.1 Å². The molecule has 0 aliphatic rings. The van der Waals surface area contributed by atoms with Crippen molar-refractivity contribution >= 4 is 5.69 Å². The van der Waals surface area contributed by atoms with Crippen LogP contribution >= 0.6 is 0 Å². The van der Waals surface area contributed by atoms with Crippen LogP contribution in [0, 0.1) is 13.8 Å². The molecule has 0 aromatic heterocycles. The Bertz CT molecular complexity index is 216. The lowest BCUT2D eigenvalue weighted by atomic mass is 10.1. The predicted octanol–water partition coefficient (Wildman–Crippen LogP) is 2.91. The Balaban J connectivity index is 0.000000461. The third-order valence-corrected chi connectivity index (χ3v) is 1.53. The zero-order valence-electron chi connectivity index (χ0n) is 7.81. The highest BCUT2D eigenvalue weighted by Crippen LogP contribution is 2.09. The molecule has 0 bridgehead atoms. The fourth-order valence-electron chi connectivity index (χ4n) is 0.765. The van der Waals surface area contributed by atoms with Gasteiger partial charge in [0.2, 0.25) is 0 Å². The summed E-state index contributed by atoms with van der Waals surface area (Å²) in [6, 6.07) is 5.93. The molecule has 0 saturated heterocycles. The fraction of sp³-hybridized carbons (Fsp3) is 0.400. The molecule has 0 aliphatic carbocycles. The first kappa shape index (κ1) is 10.0. The number of nitrogens with two attached hydrogens (primary N) is 1. The van der Waals surface area contributed by atoms with Gasteiger partial charge in [0.15, 0.2) is 0 Å². The van der Waals surface area contributed by atoms with Crippen LogP contribution in [0.5, 0.6) is 0 Å². The van der Waals surface area contributed by atoms with Crippen LogP contribution in [-0.2, 0) is 0 Å². The number of benzene rings is 1. The lowest BCUT2D eigenvalue weighted by molar-refractivity contribution is 1.34. The van der Waals surface area contributed by atoms with Crippen LogP contribution in [0.3, 0.4) is 0 Å². The summed E-state index contributed by atoms with van der Waals surface area (Å²) in [5, 5.41) is 0. The van der Waals surface area contributed by atoms with Gasteiger partial charge in [-0.25, -0.2) is 0 Å². The molecule has 0 unspecified atom stereocenters. The Morgan fingerprint density at radius 3 is 1.91 bits per heavy atom. The van der Waals surface area contributed by atoms with Gasteiger partial charge in [0.25, 0.3) is 0 Å². The Morgan fingerprint density at radius 1 is 1.00 bits per heavy atom. The predicted molar refractivity (Wildman–Crippen MR) is 51.7 cm³/mol. The van der Waals surface area contributed by atoms with Crippen molar-refractivity contribution in [3.05, 3.63) is 29.3 Å². The second-order valence-corrected chi connectivity index (χ2v) is 2.34. The molecule has 0 aliphatic heterocycles. The van der Waals surface area contributed by atoms with Crippen molar-refractivity contribution < 1.29 is 0 Å². The monoisotopic (exact) mass is 151 g/mol. The first-order valence-corrected chi connectivity index (χ1v) is 4.03. The minimum atomic E-state index is 0.845. The molecule has 1 nitrogen and oxygen atoms in total. The maximum Gasteiger partial charge on any atom is 0.0316 e. The van der Waals surface area contributed by atoms with Crippen molar-refractivity contribution in [2.75, 3.05) is 5.73 Å². The number of hydrogen-bond acceptors (Lipinski definition) is 1. The molecule has 62 valence electrons. The second kappa shape index (κ2) is 4.78. The minimum Gasteiger partial charge on any atom is -0.399 e. The number of rotatable bonds is 0. The molecule has 1 aromatic rings. The molecular weight excluding hydrogens is 134 g/mol. The van der Waals surface area contributed by atoms with E-state index in [-0.39, 0.29) is 0 Å². The average Bonchev–Trinajstić information content (AvgIpc) is 2.02. The third kappa shape index (κ3) is 3.08. The SMILES string of the molecule is CC.Cc1ccc(N)cc1C. The van der Waals surface area contributed by atoms with E-state index in [1.54, 1.807) is 0 Å². The lowest BCUT2D eigenvalue weighted by Crippen LogP contribution is -1.86. The zero-order chi connectivity index (χ0) is 8.85. The number of anilines is 1. The summed E-state index contributed by atoms with van der Waals surface area (Å²) < 4.78 is 0. The molecule has 0 radical (unpaired) electrons. The molecule has 1 heteroatoms. The molecule has 0 heterocycles. The van der Waals surface area contributed by atoms with Crippen LogP contribution < -0.4 is 5.73 Å². The van der Waals surface area contributed by atoms with Gasteiger partial charge in [-0.3, -0.25) is 0 Å². The smallest absolute Gasteiger partial charge is 0.0316 e. The quantitative estimate of drug-likeness (QED) is 0.567. The topological polar surface area (TPSA) is 26.0 Å². The molecule has 2 N–H and O–H groups in total. The molecule has 1 aromatic carbocycles. The summed E-state index contributed by atoms with van der Waals surface area (Å²) >= 11 is 0. The molecule has 0 fully saturated rings. The first-order valence-electron chi connectivity index (χ1n) is 4.03. The van der Waals surface area contributed by atoms with Gasteiger partial charge in [0.05, 0.1) is 0 Å². The molecule has 0 spiro atoms. The van der Waals surface area contributed by atoms with E-state index in [1.807, 2.05) is 32.0 Å². The minimum absolute atomic E-state index is 0.845. The van der Waals surface area contributed by atoms with Gasteiger partial charge in [-0.15, -0.1) is 0 Å². The Morgan fingerprint density at radius 2 is 1.55 bits per heavy atom. The number of aryl methyl sites for hydroxylation is 2. The largest absolute Gasteiger partial charge is 0.399 e. The summed E-state index contributed by atoms with van der Waals surface area (Å²) in [4.78, 5) is 0. The van der Waals surface area contributed by atoms with Crippen molar-refractivity contribution in [1.82, 2.24) is 0 Å². The standard InChI is InChI=1S/C8H11N.C2H6/c1-6-3-4-8(9)5-7(6)2;1-2/h3-5H,9H2,1-2H3;1-2H3. The average molecular weight is 151 g/mol. The van der Waals surface area contributed by atoms with Crippen molar-refractivity contribution in [1.29, 1.82) is 0 Å². The third-order valence-electron chi connectivity index (χ3n) is 1.53. The highest BCUT2D eigenvalue weighted by Gasteiger charge is 1.89. The van der Waals surface area contributed by atoms with E-state index in [0.29, 0.717) is 0 Å². The number of nitrogen functional groups attached to an aromatic ring is 1. The Hall–Kier alpha value is -0.980. The fourth-order valence-corrected chi connectivity index (χ4v) is 0.765. The first-order chi connectivity index (χ1) is 5.20.